The first kappa shape index (κ1) is 11.6. The first-order valence-corrected chi connectivity index (χ1v) is 5.80. The molecule has 0 unspecified atom stereocenters. The van der Waals surface area contributed by atoms with Crippen molar-refractivity contribution in [1.29, 1.82) is 0 Å². The number of furan rings is 1. The molecule has 0 saturated heterocycles. The quantitative estimate of drug-likeness (QED) is 0.658. The van der Waals surface area contributed by atoms with E-state index < -0.39 is 0 Å². The maximum atomic E-state index is 13.1. The SMILES string of the molecule is Cc1ccnc(C(=O)c2cc3cc(F)ccc3o2)c1. The molecule has 2 aromatic heterocycles. The lowest BCUT2D eigenvalue weighted by Gasteiger charge is -1.97. The van der Waals surface area contributed by atoms with Gasteiger partial charge in [-0.1, -0.05) is 0 Å². The van der Waals surface area contributed by atoms with Crippen molar-refractivity contribution < 1.29 is 13.6 Å². The largest absolute Gasteiger partial charge is 0.453 e. The van der Waals surface area contributed by atoms with Crippen molar-refractivity contribution in [3.8, 4) is 0 Å². The van der Waals surface area contributed by atoms with Gasteiger partial charge in [0.25, 0.3) is 0 Å². The summed E-state index contributed by atoms with van der Waals surface area (Å²) in [6.07, 6.45) is 1.57. The second-order valence-corrected chi connectivity index (χ2v) is 4.34. The van der Waals surface area contributed by atoms with Crippen LogP contribution in [0.3, 0.4) is 0 Å². The molecule has 0 aliphatic rings. The average molecular weight is 255 g/mol. The molecule has 0 saturated carbocycles. The predicted molar refractivity (Wildman–Crippen MR) is 68.6 cm³/mol. The molecular weight excluding hydrogens is 245 g/mol. The van der Waals surface area contributed by atoms with Crippen molar-refractivity contribution >= 4 is 16.8 Å². The van der Waals surface area contributed by atoms with Crippen molar-refractivity contribution in [1.82, 2.24) is 4.98 Å². The summed E-state index contributed by atoms with van der Waals surface area (Å²) >= 11 is 0. The van der Waals surface area contributed by atoms with Crippen LogP contribution in [0.4, 0.5) is 4.39 Å². The van der Waals surface area contributed by atoms with Gasteiger partial charge in [0.1, 0.15) is 17.1 Å². The molecule has 2 heterocycles. The Morgan fingerprint density at radius 2 is 2.05 bits per heavy atom. The minimum absolute atomic E-state index is 0.165. The van der Waals surface area contributed by atoms with Gasteiger partial charge in [0.15, 0.2) is 5.76 Å². The highest BCUT2D eigenvalue weighted by molar-refractivity contribution is 6.07. The Bertz CT molecular complexity index is 777. The molecule has 0 aliphatic heterocycles. The highest BCUT2D eigenvalue weighted by Crippen LogP contribution is 2.22. The number of aryl methyl sites for hydroxylation is 1. The van der Waals surface area contributed by atoms with Crippen molar-refractivity contribution in [2.24, 2.45) is 0 Å². The van der Waals surface area contributed by atoms with E-state index in [2.05, 4.69) is 4.98 Å². The van der Waals surface area contributed by atoms with Gasteiger partial charge in [0.2, 0.25) is 5.78 Å². The lowest BCUT2D eigenvalue weighted by atomic mass is 10.1. The predicted octanol–water partition coefficient (Wildman–Crippen LogP) is 3.51. The number of fused-ring (bicyclic) bond motifs is 1. The zero-order valence-corrected chi connectivity index (χ0v) is 10.2. The lowest BCUT2D eigenvalue weighted by molar-refractivity contribution is 0.101. The number of carbonyl (C=O) groups is 1. The smallest absolute Gasteiger partial charge is 0.246 e. The minimum Gasteiger partial charge on any atom is -0.453 e. The number of halogens is 1. The van der Waals surface area contributed by atoms with Crippen LogP contribution in [0.1, 0.15) is 21.8 Å². The van der Waals surface area contributed by atoms with E-state index in [-0.39, 0.29) is 17.4 Å². The van der Waals surface area contributed by atoms with Crippen LogP contribution in [0.2, 0.25) is 0 Å². The third-order valence-electron chi connectivity index (χ3n) is 2.85. The molecule has 0 bridgehead atoms. The Morgan fingerprint density at radius 3 is 2.84 bits per heavy atom. The van der Waals surface area contributed by atoms with Crippen LogP contribution in [-0.2, 0) is 0 Å². The molecule has 0 N–H and O–H groups in total. The van der Waals surface area contributed by atoms with E-state index in [1.807, 2.05) is 13.0 Å². The molecule has 0 fully saturated rings. The fraction of sp³-hybridized carbons (Fsp3) is 0.0667. The molecule has 0 aliphatic carbocycles. The first-order chi connectivity index (χ1) is 9.13. The number of ketones is 1. The molecule has 0 radical (unpaired) electrons. The molecule has 94 valence electrons. The van der Waals surface area contributed by atoms with Crippen molar-refractivity contribution in [2.45, 2.75) is 6.92 Å². The van der Waals surface area contributed by atoms with Gasteiger partial charge in [0, 0.05) is 11.6 Å². The van der Waals surface area contributed by atoms with E-state index >= 15 is 0 Å². The lowest BCUT2D eigenvalue weighted by Crippen LogP contribution is -2.02. The van der Waals surface area contributed by atoms with Gasteiger partial charge in [-0.25, -0.2) is 4.39 Å². The molecule has 3 rings (SSSR count). The van der Waals surface area contributed by atoms with Crippen LogP contribution >= 0.6 is 0 Å². The molecule has 4 heteroatoms. The third-order valence-corrected chi connectivity index (χ3v) is 2.85. The maximum Gasteiger partial charge on any atom is 0.246 e. The summed E-state index contributed by atoms with van der Waals surface area (Å²) in [7, 11) is 0. The van der Waals surface area contributed by atoms with Crippen LogP contribution < -0.4 is 0 Å². The highest BCUT2D eigenvalue weighted by Gasteiger charge is 2.16. The number of rotatable bonds is 2. The number of pyridine rings is 1. The molecule has 0 atom stereocenters. The molecule has 19 heavy (non-hydrogen) atoms. The molecule has 3 nitrogen and oxygen atoms in total. The number of carbonyl (C=O) groups excluding carboxylic acids is 1. The number of benzene rings is 1. The van der Waals surface area contributed by atoms with Crippen molar-refractivity contribution in [2.75, 3.05) is 0 Å². The van der Waals surface area contributed by atoms with Gasteiger partial charge in [-0.15, -0.1) is 0 Å². The molecule has 0 spiro atoms. The van der Waals surface area contributed by atoms with E-state index in [4.69, 9.17) is 4.42 Å². The summed E-state index contributed by atoms with van der Waals surface area (Å²) in [4.78, 5) is 16.2. The minimum atomic E-state index is -0.360. The second kappa shape index (κ2) is 4.31. The van der Waals surface area contributed by atoms with E-state index in [9.17, 15) is 9.18 Å². The van der Waals surface area contributed by atoms with E-state index in [0.29, 0.717) is 16.7 Å². The normalized spacial score (nSPS) is 10.8. The van der Waals surface area contributed by atoms with Crippen molar-refractivity contribution in [3.05, 3.63) is 65.4 Å². The summed E-state index contributed by atoms with van der Waals surface area (Å²) in [5.74, 6) is -0.500. The van der Waals surface area contributed by atoms with Crippen LogP contribution in [0.5, 0.6) is 0 Å². The number of hydrogen-bond donors (Lipinski definition) is 0. The zero-order valence-electron chi connectivity index (χ0n) is 10.2. The zero-order chi connectivity index (χ0) is 13.4. The maximum absolute atomic E-state index is 13.1. The molecule has 0 amide bonds. The van der Waals surface area contributed by atoms with E-state index in [1.165, 1.54) is 24.3 Å². The molecule has 1 aromatic carbocycles. The second-order valence-electron chi connectivity index (χ2n) is 4.34. The summed E-state index contributed by atoms with van der Waals surface area (Å²) in [6.45, 7) is 1.88. The topological polar surface area (TPSA) is 43.1 Å². The number of aromatic nitrogens is 1. The Labute approximate surface area is 108 Å². The highest BCUT2D eigenvalue weighted by atomic mass is 19.1. The van der Waals surface area contributed by atoms with Gasteiger partial charge in [-0.3, -0.25) is 9.78 Å². The summed E-state index contributed by atoms with van der Waals surface area (Å²) in [5, 5.41) is 0.566. The standard InChI is InChI=1S/C15H10FNO2/c1-9-4-5-17-12(6-9)15(18)14-8-10-7-11(16)2-3-13(10)19-14/h2-8H,1H3. The van der Waals surface area contributed by atoms with E-state index in [1.54, 1.807) is 12.3 Å². The van der Waals surface area contributed by atoms with Gasteiger partial charge < -0.3 is 4.42 Å². The van der Waals surface area contributed by atoms with Gasteiger partial charge in [0.05, 0.1) is 0 Å². The van der Waals surface area contributed by atoms with Gasteiger partial charge in [-0.05, 0) is 48.9 Å². The van der Waals surface area contributed by atoms with Crippen LogP contribution in [-0.4, -0.2) is 10.8 Å². The summed E-state index contributed by atoms with van der Waals surface area (Å²) in [5.41, 5.74) is 1.75. The Kier molecular flexibility index (Phi) is 2.63. The Hall–Kier alpha value is -2.49. The van der Waals surface area contributed by atoms with Gasteiger partial charge in [-0.2, -0.15) is 0 Å². The molecular formula is C15H10FNO2. The monoisotopic (exact) mass is 255 g/mol. The average Bonchev–Trinajstić information content (AvgIpc) is 2.80. The van der Waals surface area contributed by atoms with E-state index in [0.717, 1.165) is 5.56 Å². The Morgan fingerprint density at radius 1 is 1.21 bits per heavy atom. The fourth-order valence-corrected chi connectivity index (χ4v) is 1.91. The van der Waals surface area contributed by atoms with Crippen LogP contribution in [0, 0.1) is 12.7 Å². The fourth-order valence-electron chi connectivity index (χ4n) is 1.91. The number of hydrogen-bond acceptors (Lipinski definition) is 3. The number of nitrogens with zero attached hydrogens (tertiary/aromatic N) is 1. The van der Waals surface area contributed by atoms with Crippen molar-refractivity contribution in [3.63, 3.8) is 0 Å². The summed E-state index contributed by atoms with van der Waals surface area (Å²) in [6, 6.07) is 9.17. The third kappa shape index (κ3) is 2.12. The van der Waals surface area contributed by atoms with Crippen LogP contribution in [0.25, 0.3) is 11.0 Å². The van der Waals surface area contributed by atoms with Crippen LogP contribution in [0.15, 0.2) is 47.0 Å². The van der Waals surface area contributed by atoms with Gasteiger partial charge >= 0.3 is 0 Å². The Balaban J connectivity index is 2.06. The first-order valence-electron chi connectivity index (χ1n) is 5.80. The summed E-state index contributed by atoms with van der Waals surface area (Å²) < 4.78 is 18.5. The molecule has 3 aromatic rings.